The van der Waals surface area contributed by atoms with E-state index in [9.17, 15) is 4.79 Å². The van der Waals surface area contributed by atoms with Crippen LogP contribution in [0.15, 0.2) is 24.5 Å². The molecule has 6 heteroatoms. The SMILES string of the molecule is Cc1nc(C)c(C(=O)N2CC(N(Cc3ccncc3)CC3CC3)C2)s1. The molecule has 132 valence electrons. The second-order valence-electron chi connectivity index (χ2n) is 7.24. The highest BCUT2D eigenvalue weighted by Gasteiger charge is 2.38. The van der Waals surface area contributed by atoms with Crippen molar-refractivity contribution < 1.29 is 4.79 Å². The molecule has 2 aliphatic rings. The molecular weight excluding hydrogens is 332 g/mol. The normalized spacial score (nSPS) is 17.8. The Morgan fingerprint density at radius 1 is 1.28 bits per heavy atom. The summed E-state index contributed by atoms with van der Waals surface area (Å²) in [4.78, 5) is 26.5. The van der Waals surface area contributed by atoms with E-state index < -0.39 is 0 Å². The van der Waals surface area contributed by atoms with Crippen molar-refractivity contribution in [2.75, 3.05) is 19.6 Å². The minimum Gasteiger partial charge on any atom is -0.335 e. The number of aromatic nitrogens is 2. The van der Waals surface area contributed by atoms with Gasteiger partial charge in [-0.1, -0.05) is 0 Å². The Morgan fingerprint density at radius 2 is 2.00 bits per heavy atom. The van der Waals surface area contributed by atoms with Gasteiger partial charge in [-0.05, 0) is 50.3 Å². The Morgan fingerprint density at radius 3 is 2.60 bits per heavy atom. The second kappa shape index (κ2) is 6.84. The average Bonchev–Trinajstić information content (AvgIpc) is 3.29. The van der Waals surface area contributed by atoms with Gasteiger partial charge < -0.3 is 4.90 Å². The van der Waals surface area contributed by atoms with Crippen LogP contribution in [0.3, 0.4) is 0 Å². The lowest BCUT2D eigenvalue weighted by molar-refractivity contribution is 0.0223. The number of hydrogen-bond acceptors (Lipinski definition) is 5. The van der Waals surface area contributed by atoms with Gasteiger partial charge in [0.05, 0.1) is 10.7 Å². The van der Waals surface area contributed by atoms with Crippen LogP contribution in [0.4, 0.5) is 0 Å². The molecule has 4 rings (SSSR count). The molecule has 1 amide bonds. The second-order valence-corrected chi connectivity index (χ2v) is 8.44. The van der Waals surface area contributed by atoms with Crippen LogP contribution in [0.1, 0.15) is 38.8 Å². The van der Waals surface area contributed by atoms with Gasteiger partial charge >= 0.3 is 0 Å². The average molecular weight is 356 g/mol. The summed E-state index contributed by atoms with van der Waals surface area (Å²) in [5, 5.41) is 0.964. The number of nitrogens with zero attached hydrogens (tertiary/aromatic N) is 4. The third-order valence-corrected chi connectivity index (χ3v) is 6.15. The predicted molar refractivity (Wildman–Crippen MR) is 98.7 cm³/mol. The molecule has 0 N–H and O–H groups in total. The van der Waals surface area contributed by atoms with E-state index in [4.69, 9.17) is 0 Å². The van der Waals surface area contributed by atoms with Crippen LogP contribution in [0, 0.1) is 19.8 Å². The predicted octanol–water partition coefficient (Wildman–Crippen LogP) is 2.89. The van der Waals surface area contributed by atoms with Crippen molar-refractivity contribution in [1.29, 1.82) is 0 Å². The Hall–Kier alpha value is -1.79. The first-order valence-electron chi connectivity index (χ1n) is 8.96. The number of amides is 1. The highest BCUT2D eigenvalue weighted by molar-refractivity contribution is 7.13. The van der Waals surface area contributed by atoms with Crippen molar-refractivity contribution in [3.63, 3.8) is 0 Å². The number of pyridine rings is 1. The Bertz CT molecular complexity index is 750. The summed E-state index contributed by atoms with van der Waals surface area (Å²) in [6.45, 7) is 7.63. The fraction of sp³-hybridized carbons (Fsp3) is 0.526. The van der Waals surface area contributed by atoms with Crippen LogP contribution in [0.5, 0.6) is 0 Å². The highest BCUT2D eigenvalue weighted by Crippen LogP contribution is 2.32. The van der Waals surface area contributed by atoms with E-state index in [0.717, 1.165) is 47.7 Å². The maximum absolute atomic E-state index is 12.7. The molecule has 0 aromatic carbocycles. The fourth-order valence-corrected chi connectivity index (χ4v) is 4.31. The van der Waals surface area contributed by atoms with E-state index in [1.54, 1.807) is 0 Å². The van der Waals surface area contributed by atoms with E-state index in [0.29, 0.717) is 6.04 Å². The van der Waals surface area contributed by atoms with Gasteiger partial charge in [-0.3, -0.25) is 14.7 Å². The number of carbonyl (C=O) groups is 1. The zero-order valence-corrected chi connectivity index (χ0v) is 15.6. The van der Waals surface area contributed by atoms with Crippen LogP contribution < -0.4 is 0 Å². The minimum atomic E-state index is 0.148. The van der Waals surface area contributed by atoms with Gasteiger partial charge in [-0.15, -0.1) is 11.3 Å². The molecule has 0 bridgehead atoms. The molecule has 2 aromatic rings. The molecule has 0 spiro atoms. The molecule has 3 heterocycles. The number of likely N-dealkylation sites (tertiary alicyclic amines) is 1. The van der Waals surface area contributed by atoms with Crippen molar-refractivity contribution in [2.45, 2.75) is 39.3 Å². The Kier molecular flexibility index (Phi) is 4.56. The molecule has 1 aliphatic heterocycles. The Labute approximate surface area is 152 Å². The lowest BCUT2D eigenvalue weighted by Crippen LogP contribution is -2.61. The molecule has 2 aromatic heterocycles. The van der Waals surface area contributed by atoms with Crippen molar-refractivity contribution >= 4 is 17.2 Å². The first-order chi connectivity index (χ1) is 12.1. The van der Waals surface area contributed by atoms with E-state index in [2.05, 4.69) is 27.0 Å². The summed E-state index contributed by atoms with van der Waals surface area (Å²) in [5.74, 6) is 0.993. The van der Waals surface area contributed by atoms with Crippen LogP contribution in [-0.4, -0.2) is 51.4 Å². The van der Waals surface area contributed by atoms with E-state index in [1.807, 2.05) is 31.1 Å². The van der Waals surface area contributed by atoms with Crippen molar-refractivity contribution in [2.24, 2.45) is 5.92 Å². The first kappa shape index (κ1) is 16.7. The summed E-state index contributed by atoms with van der Waals surface area (Å²) in [6.07, 6.45) is 6.41. The molecule has 0 unspecified atom stereocenters. The fourth-order valence-electron chi connectivity index (χ4n) is 3.42. The van der Waals surface area contributed by atoms with Crippen molar-refractivity contribution in [3.05, 3.63) is 45.7 Å². The molecule has 0 radical (unpaired) electrons. The molecule has 0 atom stereocenters. The van der Waals surface area contributed by atoms with E-state index in [-0.39, 0.29) is 5.91 Å². The van der Waals surface area contributed by atoms with E-state index in [1.165, 1.54) is 29.7 Å². The third-order valence-electron chi connectivity index (χ3n) is 5.09. The van der Waals surface area contributed by atoms with Crippen LogP contribution in [0.2, 0.25) is 0 Å². The number of thiazole rings is 1. The molecule has 2 fully saturated rings. The monoisotopic (exact) mass is 356 g/mol. The van der Waals surface area contributed by atoms with Gasteiger partial charge in [0.1, 0.15) is 4.88 Å². The van der Waals surface area contributed by atoms with Gasteiger partial charge in [-0.2, -0.15) is 0 Å². The third kappa shape index (κ3) is 3.75. The number of carbonyl (C=O) groups excluding carboxylic acids is 1. The standard InChI is InChI=1S/C19H24N4OS/c1-13-18(25-14(2)21-13)19(24)23-11-17(12-23)22(9-15-3-4-15)10-16-5-7-20-8-6-16/h5-8,15,17H,3-4,9-12H2,1-2H3. The van der Waals surface area contributed by atoms with Crippen molar-refractivity contribution in [3.8, 4) is 0 Å². The van der Waals surface area contributed by atoms with Crippen LogP contribution in [-0.2, 0) is 6.54 Å². The number of rotatable bonds is 6. The van der Waals surface area contributed by atoms with Gasteiger partial charge in [0.25, 0.3) is 5.91 Å². The summed E-state index contributed by atoms with van der Waals surface area (Å²) < 4.78 is 0. The van der Waals surface area contributed by atoms with Gasteiger partial charge in [-0.25, -0.2) is 4.98 Å². The molecule has 1 saturated carbocycles. The number of aryl methyl sites for hydroxylation is 2. The molecule has 1 aliphatic carbocycles. The smallest absolute Gasteiger partial charge is 0.265 e. The summed E-state index contributed by atoms with van der Waals surface area (Å²) in [5.41, 5.74) is 2.16. The zero-order chi connectivity index (χ0) is 17.4. The van der Waals surface area contributed by atoms with Gasteiger partial charge in [0.2, 0.25) is 0 Å². The maximum Gasteiger partial charge on any atom is 0.265 e. The van der Waals surface area contributed by atoms with Crippen LogP contribution >= 0.6 is 11.3 Å². The van der Waals surface area contributed by atoms with E-state index >= 15 is 0 Å². The lowest BCUT2D eigenvalue weighted by Gasteiger charge is -2.45. The largest absolute Gasteiger partial charge is 0.335 e. The molecule has 25 heavy (non-hydrogen) atoms. The van der Waals surface area contributed by atoms with Gasteiger partial charge in [0, 0.05) is 44.6 Å². The minimum absolute atomic E-state index is 0.148. The summed E-state index contributed by atoms with van der Waals surface area (Å²) >= 11 is 1.51. The number of hydrogen-bond donors (Lipinski definition) is 0. The van der Waals surface area contributed by atoms with Crippen LogP contribution in [0.25, 0.3) is 0 Å². The summed E-state index contributed by atoms with van der Waals surface area (Å²) in [6, 6.07) is 4.64. The first-order valence-corrected chi connectivity index (χ1v) is 9.78. The topological polar surface area (TPSA) is 49.3 Å². The maximum atomic E-state index is 12.7. The highest BCUT2D eigenvalue weighted by atomic mass is 32.1. The molecular formula is C19H24N4OS. The summed E-state index contributed by atoms with van der Waals surface area (Å²) in [7, 11) is 0. The van der Waals surface area contributed by atoms with Crippen molar-refractivity contribution in [1.82, 2.24) is 19.8 Å². The quantitative estimate of drug-likeness (QED) is 0.799. The molecule has 1 saturated heterocycles. The van der Waals surface area contributed by atoms with Gasteiger partial charge in [0.15, 0.2) is 0 Å². The lowest BCUT2D eigenvalue weighted by atomic mass is 10.0. The Balaban J connectivity index is 1.39. The molecule has 5 nitrogen and oxygen atoms in total. The zero-order valence-electron chi connectivity index (χ0n) is 14.8.